The van der Waals surface area contributed by atoms with Crippen molar-refractivity contribution >= 4 is 43.0 Å². The second-order valence-corrected chi connectivity index (χ2v) is 10.8. The van der Waals surface area contributed by atoms with Crippen molar-refractivity contribution in [2.45, 2.75) is 9.79 Å². The summed E-state index contributed by atoms with van der Waals surface area (Å²) in [4.78, 5) is 13.0. The summed E-state index contributed by atoms with van der Waals surface area (Å²) in [5.41, 5.74) is 1.08. The van der Waals surface area contributed by atoms with E-state index in [9.17, 15) is 21.6 Å². The van der Waals surface area contributed by atoms with Gasteiger partial charge in [-0.15, -0.1) is 0 Å². The SMILES string of the molecule is O=C(Nc1cccc(NS(=O)(=O)c2ccccc2)c1)c1cccc(NS(=O)(=O)c2ccccc2)c1. The van der Waals surface area contributed by atoms with E-state index in [0.29, 0.717) is 5.69 Å². The van der Waals surface area contributed by atoms with E-state index in [2.05, 4.69) is 14.8 Å². The van der Waals surface area contributed by atoms with Crippen molar-refractivity contribution < 1.29 is 21.6 Å². The number of anilines is 3. The fourth-order valence-corrected chi connectivity index (χ4v) is 5.36. The predicted molar refractivity (Wildman–Crippen MR) is 135 cm³/mol. The van der Waals surface area contributed by atoms with Gasteiger partial charge in [-0.05, 0) is 60.7 Å². The van der Waals surface area contributed by atoms with Crippen molar-refractivity contribution in [2.24, 2.45) is 0 Å². The van der Waals surface area contributed by atoms with Crippen LogP contribution in [0.15, 0.2) is 119 Å². The molecule has 4 aromatic rings. The lowest BCUT2D eigenvalue weighted by atomic mass is 10.2. The topological polar surface area (TPSA) is 121 Å². The Labute approximate surface area is 203 Å². The Morgan fingerprint density at radius 1 is 0.514 bits per heavy atom. The fraction of sp³-hybridized carbons (Fsp3) is 0. The largest absolute Gasteiger partial charge is 0.322 e. The Kier molecular flexibility index (Phi) is 6.85. The molecule has 4 rings (SSSR count). The van der Waals surface area contributed by atoms with E-state index >= 15 is 0 Å². The number of nitrogens with one attached hydrogen (secondary N) is 3. The number of sulfonamides is 2. The molecule has 0 spiro atoms. The van der Waals surface area contributed by atoms with E-state index < -0.39 is 26.0 Å². The number of hydrogen-bond acceptors (Lipinski definition) is 5. The van der Waals surface area contributed by atoms with Crippen LogP contribution in [0.3, 0.4) is 0 Å². The molecular weight excluding hydrogens is 486 g/mol. The molecule has 0 atom stereocenters. The van der Waals surface area contributed by atoms with E-state index in [-0.39, 0.29) is 26.7 Å². The maximum Gasteiger partial charge on any atom is 0.261 e. The summed E-state index contributed by atoms with van der Waals surface area (Å²) < 4.78 is 55.2. The highest BCUT2D eigenvalue weighted by atomic mass is 32.2. The molecule has 178 valence electrons. The minimum Gasteiger partial charge on any atom is -0.322 e. The zero-order chi connectivity index (χ0) is 24.9. The molecule has 10 heteroatoms. The van der Waals surface area contributed by atoms with Crippen LogP contribution in [0, 0.1) is 0 Å². The van der Waals surface area contributed by atoms with Crippen LogP contribution >= 0.6 is 0 Å². The van der Waals surface area contributed by atoms with Crippen molar-refractivity contribution in [3.63, 3.8) is 0 Å². The van der Waals surface area contributed by atoms with Crippen molar-refractivity contribution in [2.75, 3.05) is 14.8 Å². The molecule has 0 saturated carbocycles. The van der Waals surface area contributed by atoms with Crippen molar-refractivity contribution in [3.05, 3.63) is 115 Å². The first-order chi connectivity index (χ1) is 16.7. The zero-order valence-corrected chi connectivity index (χ0v) is 19.9. The lowest BCUT2D eigenvalue weighted by molar-refractivity contribution is 0.102. The molecule has 0 aliphatic rings. The van der Waals surface area contributed by atoms with Crippen LogP contribution < -0.4 is 14.8 Å². The van der Waals surface area contributed by atoms with Crippen LogP contribution in [-0.4, -0.2) is 22.7 Å². The maximum atomic E-state index is 12.8. The van der Waals surface area contributed by atoms with E-state index in [4.69, 9.17) is 0 Å². The average molecular weight is 508 g/mol. The summed E-state index contributed by atoms with van der Waals surface area (Å²) >= 11 is 0. The molecule has 0 aromatic heterocycles. The number of benzene rings is 4. The average Bonchev–Trinajstić information content (AvgIpc) is 2.85. The Morgan fingerprint density at radius 3 is 1.51 bits per heavy atom. The van der Waals surface area contributed by atoms with Gasteiger partial charge in [0.1, 0.15) is 0 Å². The van der Waals surface area contributed by atoms with Crippen LogP contribution in [0.1, 0.15) is 10.4 Å². The number of rotatable bonds is 8. The molecule has 8 nitrogen and oxygen atoms in total. The number of amides is 1. The predicted octanol–water partition coefficient (Wildman–Crippen LogP) is 4.54. The van der Waals surface area contributed by atoms with Gasteiger partial charge in [-0.3, -0.25) is 14.2 Å². The Morgan fingerprint density at radius 2 is 0.971 bits per heavy atom. The third kappa shape index (κ3) is 6.05. The lowest BCUT2D eigenvalue weighted by Crippen LogP contribution is -2.15. The van der Waals surface area contributed by atoms with Crippen LogP contribution in [0.4, 0.5) is 17.1 Å². The molecule has 0 aliphatic carbocycles. The Bertz CT molecular complexity index is 1560. The van der Waals surface area contributed by atoms with Gasteiger partial charge in [0.2, 0.25) is 0 Å². The van der Waals surface area contributed by atoms with E-state index in [1.54, 1.807) is 60.7 Å². The molecule has 0 saturated heterocycles. The van der Waals surface area contributed by atoms with Crippen LogP contribution in [0.5, 0.6) is 0 Å². The Balaban J connectivity index is 1.48. The quantitative estimate of drug-likeness (QED) is 0.323. The van der Waals surface area contributed by atoms with Gasteiger partial charge in [-0.25, -0.2) is 16.8 Å². The minimum absolute atomic E-state index is 0.102. The first kappa shape index (κ1) is 24.0. The van der Waals surface area contributed by atoms with Crippen molar-refractivity contribution in [1.82, 2.24) is 0 Å². The van der Waals surface area contributed by atoms with Gasteiger partial charge in [0.05, 0.1) is 15.5 Å². The van der Waals surface area contributed by atoms with Gasteiger partial charge in [0.25, 0.3) is 26.0 Å². The summed E-state index contributed by atoms with van der Waals surface area (Å²) in [7, 11) is -7.59. The van der Waals surface area contributed by atoms with Crippen LogP contribution in [0.25, 0.3) is 0 Å². The van der Waals surface area contributed by atoms with Gasteiger partial charge >= 0.3 is 0 Å². The Hall–Kier alpha value is -4.15. The first-order valence-electron chi connectivity index (χ1n) is 10.4. The number of carbonyl (C=O) groups is 1. The van der Waals surface area contributed by atoms with E-state index in [1.807, 2.05) is 0 Å². The highest BCUT2D eigenvalue weighted by Gasteiger charge is 2.16. The van der Waals surface area contributed by atoms with Gasteiger partial charge in [-0.1, -0.05) is 48.5 Å². The summed E-state index contributed by atoms with van der Waals surface area (Å²) in [5, 5.41) is 2.69. The molecule has 0 bridgehead atoms. The molecule has 0 aliphatic heterocycles. The molecule has 35 heavy (non-hydrogen) atoms. The molecule has 0 heterocycles. The van der Waals surface area contributed by atoms with Crippen molar-refractivity contribution in [1.29, 1.82) is 0 Å². The van der Waals surface area contributed by atoms with Crippen LogP contribution in [-0.2, 0) is 20.0 Å². The lowest BCUT2D eigenvalue weighted by Gasteiger charge is -2.12. The smallest absolute Gasteiger partial charge is 0.261 e. The second kappa shape index (κ2) is 10.00. The first-order valence-corrected chi connectivity index (χ1v) is 13.4. The standard InChI is InChI=1S/C25H21N3O5S2/c29-25(19-9-7-11-21(17-19)27-34(30,31)23-13-3-1-4-14-23)26-20-10-8-12-22(18-20)28-35(32,33)24-15-5-2-6-16-24/h1-18,27-28H,(H,26,29). The van der Waals surface area contributed by atoms with E-state index in [1.165, 1.54) is 48.5 Å². The monoisotopic (exact) mass is 507 g/mol. The van der Waals surface area contributed by atoms with E-state index in [0.717, 1.165) is 0 Å². The fourth-order valence-electron chi connectivity index (χ4n) is 3.22. The maximum absolute atomic E-state index is 12.8. The third-order valence-corrected chi connectivity index (χ3v) is 7.65. The normalized spacial score (nSPS) is 11.4. The summed E-state index contributed by atoms with van der Waals surface area (Å²) in [5.74, 6) is -0.492. The van der Waals surface area contributed by atoms with Gasteiger partial charge in [0, 0.05) is 16.9 Å². The van der Waals surface area contributed by atoms with Gasteiger partial charge in [0.15, 0.2) is 0 Å². The number of carbonyl (C=O) groups excluding carboxylic acids is 1. The minimum atomic E-state index is -3.81. The highest BCUT2D eigenvalue weighted by molar-refractivity contribution is 7.93. The van der Waals surface area contributed by atoms with Gasteiger partial charge in [-0.2, -0.15) is 0 Å². The molecular formula is C25H21N3O5S2. The summed E-state index contributed by atoms with van der Waals surface area (Å²) in [6, 6.07) is 28.1. The van der Waals surface area contributed by atoms with Crippen molar-refractivity contribution in [3.8, 4) is 0 Å². The van der Waals surface area contributed by atoms with Gasteiger partial charge < -0.3 is 5.32 Å². The summed E-state index contributed by atoms with van der Waals surface area (Å²) in [6.45, 7) is 0. The second-order valence-electron chi connectivity index (χ2n) is 7.45. The summed E-state index contributed by atoms with van der Waals surface area (Å²) in [6.07, 6.45) is 0. The molecule has 0 radical (unpaired) electrons. The molecule has 3 N–H and O–H groups in total. The third-order valence-electron chi connectivity index (χ3n) is 4.86. The molecule has 0 unspecified atom stereocenters. The van der Waals surface area contributed by atoms with Crippen LogP contribution in [0.2, 0.25) is 0 Å². The molecule has 1 amide bonds. The molecule has 4 aromatic carbocycles. The molecule has 0 fully saturated rings. The highest BCUT2D eigenvalue weighted by Crippen LogP contribution is 2.21. The zero-order valence-electron chi connectivity index (χ0n) is 18.3. The number of hydrogen-bond donors (Lipinski definition) is 3.